The molecule has 2 aromatic carbocycles. The van der Waals surface area contributed by atoms with Crippen LogP contribution in [0, 0.1) is 0 Å². The molecule has 0 N–H and O–H groups in total. The van der Waals surface area contributed by atoms with Crippen molar-refractivity contribution in [3.05, 3.63) is 96.3 Å². The van der Waals surface area contributed by atoms with Gasteiger partial charge in [-0.15, -0.1) is 0 Å². The minimum Gasteiger partial charge on any atom is -0.268 e. The van der Waals surface area contributed by atoms with Crippen LogP contribution >= 0.6 is 0 Å². The lowest BCUT2D eigenvalue weighted by atomic mass is 10.1. The standard InChI is InChI=1S/C19H14N2O2/c22-18(15-7-3-1-4-8-15)21(17-11-13-20-14-12-17)19(23)16-9-5-2-6-10-16/h1-14H. The van der Waals surface area contributed by atoms with Crippen LogP contribution in [0.3, 0.4) is 0 Å². The van der Waals surface area contributed by atoms with E-state index in [2.05, 4.69) is 4.98 Å². The van der Waals surface area contributed by atoms with Gasteiger partial charge >= 0.3 is 0 Å². The first-order valence-electron chi connectivity index (χ1n) is 7.16. The quantitative estimate of drug-likeness (QED) is 0.695. The molecule has 4 heteroatoms. The predicted octanol–water partition coefficient (Wildman–Crippen LogP) is 3.57. The maximum absolute atomic E-state index is 12.8. The monoisotopic (exact) mass is 302 g/mol. The average molecular weight is 302 g/mol. The molecule has 1 aromatic heterocycles. The van der Waals surface area contributed by atoms with Crippen molar-refractivity contribution in [2.45, 2.75) is 0 Å². The first-order chi connectivity index (χ1) is 11.3. The Morgan fingerprint density at radius 2 is 1.09 bits per heavy atom. The fourth-order valence-corrected chi connectivity index (χ4v) is 2.24. The van der Waals surface area contributed by atoms with Gasteiger partial charge in [0, 0.05) is 23.5 Å². The normalized spacial score (nSPS) is 10.1. The molecule has 0 unspecified atom stereocenters. The zero-order valence-corrected chi connectivity index (χ0v) is 12.3. The summed E-state index contributed by atoms with van der Waals surface area (Å²) in [5, 5.41) is 0. The maximum atomic E-state index is 12.8. The Morgan fingerprint density at radius 1 is 0.652 bits per heavy atom. The van der Waals surface area contributed by atoms with Crippen molar-refractivity contribution in [2.24, 2.45) is 0 Å². The molecule has 23 heavy (non-hydrogen) atoms. The molecule has 0 aliphatic rings. The largest absolute Gasteiger partial charge is 0.268 e. The van der Waals surface area contributed by atoms with E-state index in [-0.39, 0.29) is 11.8 Å². The van der Waals surface area contributed by atoms with Crippen LogP contribution in [0.25, 0.3) is 0 Å². The van der Waals surface area contributed by atoms with Crippen LogP contribution in [0.4, 0.5) is 5.69 Å². The number of amides is 2. The summed E-state index contributed by atoms with van der Waals surface area (Å²) in [7, 11) is 0. The number of hydrogen-bond acceptors (Lipinski definition) is 3. The predicted molar refractivity (Wildman–Crippen MR) is 88.3 cm³/mol. The van der Waals surface area contributed by atoms with Crippen LogP contribution < -0.4 is 4.90 Å². The minimum absolute atomic E-state index is 0.370. The van der Waals surface area contributed by atoms with Gasteiger partial charge in [-0.2, -0.15) is 0 Å². The van der Waals surface area contributed by atoms with Gasteiger partial charge in [0.05, 0.1) is 5.69 Å². The second-order valence-corrected chi connectivity index (χ2v) is 4.88. The number of anilines is 1. The number of aromatic nitrogens is 1. The van der Waals surface area contributed by atoms with Crippen molar-refractivity contribution >= 4 is 17.5 Å². The first-order valence-corrected chi connectivity index (χ1v) is 7.16. The zero-order valence-electron chi connectivity index (χ0n) is 12.3. The Balaban J connectivity index is 2.05. The molecule has 0 aliphatic carbocycles. The summed E-state index contributed by atoms with van der Waals surface area (Å²) >= 11 is 0. The highest BCUT2D eigenvalue weighted by Crippen LogP contribution is 2.19. The molecule has 4 nitrogen and oxygen atoms in total. The molecule has 0 atom stereocenters. The molecule has 0 fully saturated rings. The molecule has 0 aliphatic heterocycles. The van der Waals surface area contributed by atoms with Crippen LogP contribution in [-0.2, 0) is 0 Å². The van der Waals surface area contributed by atoms with Gasteiger partial charge < -0.3 is 0 Å². The summed E-state index contributed by atoms with van der Waals surface area (Å²) in [6, 6.07) is 20.8. The van der Waals surface area contributed by atoms with E-state index >= 15 is 0 Å². The highest BCUT2D eigenvalue weighted by atomic mass is 16.2. The van der Waals surface area contributed by atoms with Crippen molar-refractivity contribution in [1.29, 1.82) is 0 Å². The number of benzene rings is 2. The van der Waals surface area contributed by atoms with E-state index in [9.17, 15) is 9.59 Å². The van der Waals surface area contributed by atoms with Gasteiger partial charge in [-0.1, -0.05) is 36.4 Å². The molecule has 3 aromatic rings. The summed E-state index contributed by atoms with van der Waals surface area (Å²) in [5.74, 6) is -0.740. The van der Waals surface area contributed by atoms with Crippen molar-refractivity contribution in [3.63, 3.8) is 0 Å². The van der Waals surface area contributed by atoms with E-state index < -0.39 is 0 Å². The van der Waals surface area contributed by atoms with Gasteiger partial charge in [0.25, 0.3) is 11.8 Å². The molecular weight excluding hydrogens is 288 g/mol. The van der Waals surface area contributed by atoms with E-state index in [4.69, 9.17) is 0 Å². The van der Waals surface area contributed by atoms with E-state index in [0.29, 0.717) is 16.8 Å². The molecule has 0 bridgehead atoms. The van der Waals surface area contributed by atoms with Crippen LogP contribution in [-0.4, -0.2) is 16.8 Å². The van der Waals surface area contributed by atoms with Crippen molar-refractivity contribution < 1.29 is 9.59 Å². The molecule has 112 valence electrons. The Hall–Kier alpha value is -3.27. The summed E-state index contributed by atoms with van der Waals surface area (Å²) in [5.41, 5.74) is 1.39. The van der Waals surface area contributed by atoms with E-state index in [1.807, 2.05) is 12.1 Å². The van der Waals surface area contributed by atoms with Crippen LogP contribution in [0.5, 0.6) is 0 Å². The van der Waals surface area contributed by atoms with Gasteiger partial charge in [0.1, 0.15) is 0 Å². The van der Waals surface area contributed by atoms with Crippen LogP contribution in [0.15, 0.2) is 85.2 Å². The van der Waals surface area contributed by atoms with E-state index in [1.165, 1.54) is 4.90 Å². The van der Waals surface area contributed by atoms with Gasteiger partial charge in [0.2, 0.25) is 0 Å². The number of imide groups is 1. The Bertz CT molecular complexity index is 751. The third-order valence-electron chi connectivity index (χ3n) is 3.37. The molecule has 0 spiro atoms. The van der Waals surface area contributed by atoms with Gasteiger partial charge in [-0.05, 0) is 36.4 Å². The Kier molecular flexibility index (Phi) is 4.25. The third-order valence-corrected chi connectivity index (χ3v) is 3.37. The number of hydrogen-bond donors (Lipinski definition) is 0. The third kappa shape index (κ3) is 3.16. The van der Waals surface area contributed by atoms with Crippen LogP contribution in [0.1, 0.15) is 20.7 Å². The Morgan fingerprint density at radius 3 is 1.52 bits per heavy atom. The lowest BCUT2D eigenvalue weighted by molar-refractivity contribution is 0.0897. The van der Waals surface area contributed by atoms with Crippen molar-refractivity contribution in [1.82, 2.24) is 4.98 Å². The lowest BCUT2D eigenvalue weighted by Gasteiger charge is -2.21. The van der Waals surface area contributed by atoms with Gasteiger partial charge in [0.15, 0.2) is 0 Å². The van der Waals surface area contributed by atoms with E-state index in [0.717, 1.165) is 0 Å². The second kappa shape index (κ2) is 6.66. The number of nitrogens with zero attached hydrogens (tertiary/aromatic N) is 2. The molecular formula is C19H14N2O2. The molecule has 0 saturated carbocycles. The number of carbonyl (C=O) groups excluding carboxylic acids is 2. The molecule has 0 radical (unpaired) electrons. The highest BCUT2D eigenvalue weighted by molar-refractivity contribution is 6.25. The summed E-state index contributed by atoms with van der Waals surface area (Å²) in [4.78, 5) is 30.8. The molecule has 3 rings (SSSR count). The zero-order chi connectivity index (χ0) is 16.1. The van der Waals surface area contributed by atoms with Crippen molar-refractivity contribution in [3.8, 4) is 0 Å². The van der Waals surface area contributed by atoms with Crippen molar-refractivity contribution in [2.75, 3.05) is 4.90 Å². The molecule has 2 amide bonds. The van der Waals surface area contributed by atoms with Crippen LogP contribution in [0.2, 0.25) is 0 Å². The molecule has 1 heterocycles. The topological polar surface area (TPSA) is 50.3 Å². The smallest absolute Gasteiger partial charge is 0.265 e. The van der Waals surface area contributed by atoms with Gasteiger partial charge in [-0.25, -0.2) is 4.90 Å². The number of carbonyl (C=O) groups is 2. The average Bonchev–Trinajstić information content (AvgIpc) is 2.64. The van der Waals surface area contributed by atoms with Gasteiger partial charge in [-0.3, -0.25) is 14.6 Å². The summed E-state index contributed by atoms with van der Waals surface area (Å²) in [6.45, 7) is 0. The lowest BCUT2D eigenvalue weighted by Crippen LogP contribution is -2.37. The second-order valence-electron chi connectivity index (χ2n) is 4.88. The number of rotatable bonds is 3. The Labute approximate surface area is 134 Å². The fourth-order valence-electron chi connectivity index (χ4n) is 2.24. The SMILES string of the molecule is O=C(c1ccccc1)N(C(=O)c1ccccc1)c1ccncc1. The number of pyridine rings is 1. The molecule has 0 saturated heterocycles. The first kappa shape index (κ1) is 14.7. The summed E-state index contributed by atoms with van der Waals surface area (Å²) in [6.07, 6.45) is 3.11. The maximum Gasteiger partial charge on any atom is 0.265 e. The van der Waals surface area contributed by atoms with E-state index in [1.54, 1.807) is 73.1 Å². The highest BCUT2D eigenvalue weighted by Gasteiger charge is 2.25. The minimum atomic E-state index is -0.370. The fraction of sp³-hybridized carbons (Fsp3) is 0. The summed E-state index contributed by atoms with van der Waals surface area (Å²) < 4.78 is 0.